The lowest BCUT2D eigenvalue weighted by molar-refractivity contribution is -0.174. The van der Waals surface area contributed by atoms with Crippen LogP contribution in [0.4, 0.5) is 19.0 Å². The Hall–Kier alpha value is -2.52. The number of carbonyl (C=O) groups excluding carboxylic acids is 1. The van der Waals surface area contributed by atoms with Gasteiger partial charge in [0.1, 0.15) is 5.82 Å². The zero-order chi connectivity index (χ0) is 21.5. The van der Waals surface area contributed by atoms with E-state index in [-0.39, 0.29) is 30.3 Å². The molecule has 0 spiro atoms. The molecule has 0 unspecified atom stereocenters. The van der Waals surface area contributed by atoms with Gasteiger partial charge in [0.15, 0.2) is 6.04 Å². The van der Waals surface area contributed by atoms with Crippen LogP contribution < -0.4 is 5.32 Å². The van der Waals surface area contributed by atoms with E-state index in [0.717, 1.165) is 11.1 Å². The molecule has 0 aliphatic carbocycles. The normalized spacial score (nSPS) is 24.2. The minimum atomic E-state index is -4.37. The molecule has 2 aliphatic rings. The van der Waals surface area contributed by atoms with E-state index >= 15 is 0 Å². The smallest absolute Gasteiger partial charge is 0.367 e. The number of likely N-dealkylation sites (tertiary alicyclic amines) is 1. The Kier molecular flexibility index (Phi) is 5.50. The third-order valence-corrected chi connectivity index (χ3v) is 6.07. The summed E-state index contributed by atoms with van der Waals surface area (Å²) in [4.78, 5) is 14.5. The second kappa shape index (κ2) is 7.96. The number of anilines is 1. The van der Waals surface area contributed by atoms with E-state index in [4.69, 9.17) is 0 Å². The van der Waals surface area contributed by atoms with Gasteiger partial charge in [0.05, 0.1) is 11.7 Å². The zero-order valence-corrected chi connectivity index (χ0v) is 17.1. The molecule has 0 aromatic carbocycles. The van der Waals surface area contributed by atoms with Crippen LogP contribution >= 0.6 is 0 Å². The number of alkyl halides is 3. The summed E-state index contributed by atoms with van der Waals surface area (Å²) in [6.07, 6.45) is 0.845. The lowest BCUT2D eigenvalue weighted by Crippen LogP contribution is -2.41. The largest absolute Gasteiger partial charge is 0.410 e. The Bertz CT molecular complexity index is 876. The number of hydrogen-bond acceptors (Lipinski definition) is 4. The van der Waals surface area contributed by atoms with Crippen LogP contribution in [0.2, 0.25) is 0 Å². The monoisotopic (exact) mass is 424 g/mol. The van der Waals surface area contributed by atoms with Crippen molar-refractivity contribution in [3.63, 3.8) is 0 Å². The first-order valence-corrected chi connectivity index (χ1v) is 10.4. The Morgan fingerprint density at radius 1 is 1.37 bits per heavy atom. The van der Waals surface area contributed by atoms with Crippen molar-refractivity contribution in [1.82, 2.24) is 24.5 Å². The number of rotatable bonds is 5. The molecular formula is C20H27F3N6O. The fourth-order valence-corrected chi connectivity index (χ4v) is 4.38. The summed E-state index contributed by atoms with van der Waals surface area (Å²) in [5.41, 5.74) is 0.529. The Labute approximate surface area is 173 Å². The minimum Gasteiger partial charge on any atom is -0.367 e. The molecule has 1 N–H and O–H groups in total. The molecule has 4 heterocycles. The SMILES string of the molecule is CC(C)[C@@H]1C[C@H](C(F)(F)F)n2nc([C@@H]3CCCN3C(=O)CCn3cccn3)cc2N1. The lowest BCUT2D eigenvalue weighted by atomic mass is 9.94. The third kappa shape index (κ3) is 4.04. The number of amides is 1. The topological polar surface area (TPSA) is 68.0 Å². The van der Waals surface area contributed by atoms with Crippen LogP contribution in [-0.2, 0) is 11.3 Å². The molecule has 10 heteroatoms. The van der Waals surface area contributed by atoms with Crippen LogP contribution in [0.15, 0.2) is 24.5 Å². The molecule has 1 fully saturated rings. The first kappa shape index (κ1) is 20.7. The number of aryl methyl sites for hydroxylation is 1. The molecular weight excluding hydrogens is 397 g/mol. The first-order chi connectivity index (χ1) is 14.2. The van der Waals surface area contributed by atoms with Gasteiger partial charge in [0.25, 0.3) is 0 Å². The van der Waals surface area contributed by atoms with E-state index in [9.17, 15) is 18.0 Å². The number of fused-ring (bicyclic) bond motifs is 1. The van der Waals surface area contributed by atoms with Gasteiger partial charge in [-0.2, -0.15) is 23.4 Å². The number of aromatic nitrogens is 4. The van der Waals surface area contributed by atoms with Gasteiger partial charge in [-0.25, -0.2) is 4.68 Å². The minimum absolute atomic E-state index is 0.0284. The van der Waals surface area contributed by atoms with E-state index in [1.165, 1.54) is 0 Å². The second-order valence-electron chi connectivity index (χ2n) is 8.45. The summed E-state index contributed by atoms with van der Waals surface area (Å²) in [5.74, 6) is 0.418. The van der Waals surface area contributed by atoms with E-state index in [2.05, 4.69) is 15.5 Å². The molecule has 1 saturated heterocycles. The van der Waals surface area contributed by atoms with Crippen molar-refractivity contribution in [2.75, 3.05) is 11.9 Å². The number of nitrogens with zero attached hydrogens (tertiary/aromatic N) is 5. The van der Waals surface area contributed by atoms with Gasteiger partial charge in [-0.05, 0) is 31.2 Å². The molecule has 2 aliphatic heterocycles. The number of nitrogens with one attached hydrogen (secondary N) is 1. The van der Waals surface area contributed by atoms with E-state index < -0.39 is 12.2 Å². The average molecular weight is 424 g/mol. The summed E-state index contributed by atoms with van der Waals surface area (Å²) >= 11 is 0. The van der Waals surface area contributed by atoms with Crippen LogP contribution in [0.3, 0.4) is 0 Å². The molecule has 30 heavy (non-hydrogen) atoms. The van der Waals surface area contributed by atoms with Gasteiger partial charge in [-0.15, -0.1) is 0 Å². The van der Waals surface area contributed by atoms with Gasteiger partial charge >= 0.3 is 6.18 Å². The highest BCUT2D eigenvalue weighted by Gasteiger charge is 2.47. The van der Waals surface area contributed by atoms with E-state index in [0.29, 0.717) is 37.4 Å². The van der Waals surface area contributed by atoms with Crippen LogP contribution in [0, 0.1) is 5.92 Å². The highest BCUT2D eigenvalue weighted by atomic mass is 19.4. The molecule has 2 aromatic rings. The van der Waals surface area contributed by atoms with E-state index in [1.807, 2.05) is 13.8 Å². The molecule has 3 atom stereocenters. The average Bonchev–Trinajstić information content (AvgIpc) is 3.43. The quantitative estimate of drug-likeness (QED) is 0.793. The van der Waals surface area contributed by atoms with Crippen molar-refractivity contribution >= 4 is 11.7 Å². The second-order valence-corrected chi connectivity index (χ2v) is 8.45. The van der Waals surface area contributed by atoms with Gasteiger partial charge in [0.2, 0.25) is 5.91 Å². The first-order valence-electron chi connectivity index (χ1n) is 10.4. The molecule has 4 rings (SSSR count). The van der Waals surface area contributed by atoms with Gasteiger partial charge in [-0.3, -0.25) is 9.48 Å². The number of carbonyl (C=O) groups is 1. The maximum absolute atomic E-state index is 13.7. The lowest BCUT2D eigenvalue weighted by Gasteiger charge is -2.35. The Morgan fingerprint density at radius 3 is 2.83 bits per heavy atom. The van der Waals surface area contributed by atoms with Crippen molar-refractivity contribution in [1.29, 1.82) is 0 Å². The van der Waals surface area contributed by atoms with Crippen molar-refractivity contribution in [3.05, 3.63) is 30.2 Å². The van der Waals surface area contributed by atoms with Crippen molar-refractivity contribution < 1.29 is 18.0 Å². The summed E-state index contributed by atoms with van der Waals surface area (Å²) in [7, 11) is 0. The predicted octanol–water partition coefficient (Wildman–Crippen LogP) is 3.78. The molecule has 0 saturated carbocycles. The summed E-state index contributed by atoms with van der Waals surface area (Å²) < 4.78 is 43.9. The third-order valence-electron chi connectivity index (χ3n) is 6.07. The number of halogens is 3. The standard InChI is InChI=1S/C20H27F3N6O/c1-13(2)14-11-17(20(21,22)23)29-18(25-14)12-15(26-29)16-5-3-9-28(16)19(30)6-10-27-8-4-7-24-27/h4,7-8,12-14,16-17,25H,3,5-6,9-11H2,1-2H3/t14-,16-,17+/m0/s1. The van der Waals surface area contributed by atoms with E-state index in [1.54, 1.807) is 34.1 Å². The highest BCUT2D eigenvalue weighted by molar-refractivity contribution is 5.77. The highest BCUT2D eigenvalue weighted by Crippen LogP contribution is 2.42. The molecule has 2 aromatic heterocycles. The van der Waals surface area contributed by atoms with Crippen LogP contribution in [0.25, 0.3) is 0 Å². The predicted molar refractivity (Wildman–Crippen MR) is 105 cm³/mol. The molecule has 7 nitrogen and oxygen atoms in total. The zero-order valence-electron chi connectivity index (χ0n) is 17.1. The van der Waals surface area contributed by atoms with Crippen LogP contribution in [0.5, 0.6) is 0 Å². The van der Waals surface area contributed by atoms with Gasteiger partial charge < -0.3 is 10.2 Å². The van der Waals surface area contributed by atoms with Gasteiger partial charge in [-0.1, -0.05) is 13.8 Å². The molecule has 1 amide bonds. The fraction of sp³-hybridized carbons (Fsp3) is 0.650. The maximum atomic E-state index is 13.7. The Balaban J connectivity index is 1.54. The van der Waals surface area contributed by atoms with Gasteiger partial charge in [0, 0.05) is 44.0 Å². The molecule has 0 radical (unpaired) electrons. The number of hydrogen-bond donors (Lipinski definition) is 1. The summed E-state index contributed by atoms with van der Waals surface area (Å²) in [5, 5.41) is 11.7. The van der Waals surface area contributed by atoms with Crippen LogP contribution in [0.1, 0.15) is 57.3 Å². The Morgan fingerprint density at radius 2 is 2.17 bits per heavy atom. The molecule has 0 bridgehead atoms. The summed E-state index contributed by atoms with van der Waals surface area (Å²) in [6.45, 7) is 4.89. The van der Waals surface area contributed by atoms with Crippen molar-refractivity contribution in [2.45, 2.75) is 70.4 Å². The fourth-order valence-electron chi connectivity index (χ4n) is 4.38. The van der Waals surface area contributed by atoms with Crippen LogP contribution in [-0.4, -0.2) is 49.1 Å². The molecule has 164 valence electrons. The van der Waals surface area contributed by atoms with Crippen molar-refractivity contribution in [2.24, 2.45) is 5.92 Å². The van der Waals surface area contributed by atoms with Crippen molar-refractivity contribution in [3.8, 4) is 0 Å². The maximum Gasteiger partial charge on any atom is 0.410 e. The summed E-state index contributed by atoms with van der Waals surface area (Å²) in [6, 6.07) is 1.27.